The van der Waals surface area contributed by atoms with Crippen molar-refractivity contribution in [2.45, 2.75) is 13.8 Å². The van der Waals surface area contributed by atoms with Gasteiger partial charge in [-0.25, -0.2) is 0 Å². The molecule has 0 saturated heterocycles. The highest BCUT2D eigenvalue weighted by molar-refractivity contribution is 9.10. The van der Waals surface area contributed by atoms with E-state index in [0.29, 0.717) is 10.0 Å². The standard InChI is InChI=1S/C9H8BrNO3/c1-5-7(10)3-4-8(11(13)14)9(5)6(2)12/h3-4H,1-2H3. The molecule has 1 aromatic carbocycles. The van der Waals surface area contributed by atoms with E-state index in [1.807, 2.05) is 0 Å². The van der Waals surface area contributed by atoms with Crippen LogP contribution in [-0.2, 0) is 0 Å². The molecule has 0 aromatic heterocycles. The molecule has 0 atom stereocenters. The lowest BCUT2D eigenvalue weighted by atomic mass is 10.0. The first kappa shape index (κ1) is 10.8. The molecular formula is C9H8BrNO3. The second kappa shape index (κ2) is 3.88. The number of benzene rings is 1. The van der Waals surface area contributed by atoms with Crippen LogP contribution >= 0.6 is 15.9 Å². The molecule has 0 N–H and O–H groups in total. The van der Waals surface area contributed by atoms with Crippen LogP contribution in [0, 0.1) is 17.0 Å². The van der Waals surface area contributed by atoms with Crippen molar-refractivity contribution in [2.75, 3.05) is 0 Å². The van der Waals surface area contributed by atoms with Gasteiger partial charge in [0.2, 0.25) is 0 Å². The number of nitro benzene ring substituents is 1. The number of nitrogens with zero attached hydrogens (tertiary/aromatic N) is 1. The predicted octanol–water partition coefficient (Wildman–Crippen LogP) is 2.87. The molecular weight excluding hydrogens is 250 g/mol. The summed E-state index contributed by atoms with van der Waals surface area (Å²) in [5.41, 5.74) is 0.634. The molecule has 14 heavy (non-hydrogen) atoms. The zero-order chi connectivity index (χ0) is 10.9. The van der Waals surface area contributed by atoms with Crippen molar-refractivity contribution in [1.82, 2.24) is 0 Å². The molecule has 0 spiro atoms. The Hall–Kier alpha value is -1.23. The number of ketones is 1. The molecule has 74 valence electrons. The number of nitro groups is 1. The molecule has 0 aliphatic carbocycles. The molecule has 0 radical (unpaired) electrons. The Bertz CT molecular complexity index is 415. The van der Waals surface area contributed by atoms with Gasteiger partial charge >= 0.3 is 0 Å². The third-order valence-corrected chi connectivity index (χ3v) is 2.78. The van der Waals surface area contributed by atoms with E-state index in [4.69, 9.17) is 0 Å². The van der Waals surface area contributed by atoms with Crippen molar-refractivity contribution < 1.29 is 9.72 Å². The Kier molecular flexibility index (Phi) is 3.00. The first-order valence-electron chi connectivity index (χ1n) is 3.89. The maximum absolute atomic E-state index is 11.2. The topological polar surface area (TPSA) is 60.2 Å². The Morgan fingerprint density at radius 3 is 2.50 bits per heavy atom. The van der Waals surface area contributed by atoms with Gasteiger partial charge in [-0.1, -0.05) is 15.9 Å². The minimum atomic E-state index is -0.545. The third-order valence-electron chi connectivity index (χ3n) is 1.93. The molecule has 0 saturated carbocycles. The normalized spacial score (nSPS) is 9.93. The summed E-state index contributed by atoms with van der Waals surface area (Å²) in [6.07, 6.45) is 0. The highest BCUT2D eigenvalue weighted by atomic mass is 79.9. The van der Waals surface area contributed by atoms with E-state index in [1.165, 1.54) is 13.0 Å². The summed E-state index contributed by atoms with van der Waals surface area (Å²) in [6.45, 7) is 3.00. The SMILES string of the molecule is CC(=O)c1c([N+](=O)[O-])ccc(Br)c1C. The first-order chi connectivity index (χ1) is 6.45. The van der Waals surface area contributed by atoms with Crippen molar-refractivity contribution in [3.8, 4) is 0 Å². The average Bonchev–Trinajstić information content (AvgIpc) is 2.08. The molecule has 0 unspecified atom stereocenters. The van der Waals surface area contributed by atoms with Crippen molar-refractivity contribution in [1.29, 1.82) is 0 Å². The van der Waals surface area contributed by atoms with Gasteiger partial charge in [0, 0.05) is 10.5 Å². The van der Waals surface area contributed by atoms with Crippen molar-refractivity contribution >= 4 is 27.4 Å². The lowest BCUT2D eigenvalue weighted by molar-refractivity contribution is -0.385. The van der Waals surface area contributed by atoms with Gasteiger partial charge in [0.15, 0.2) is 5.78 Å². The molecule has 0 fully saturated rings. The summed E-state index contributed by atoms with van der Waals surface area (Å²) < 4.78 is 0.702. The van der Waals surface area contributed by atoms with E-state index >= 15 is 0 Å². The smallest absolute Gasteiger partial charge is 0.280 e. The van der Waals surface area contributed by atoms with Gasteiger partial charge in [-0.3, -0.25) is 14.9 Å². The zero-order valence-corrected chi connectivity index (χ0v) is 9.29. The van der Waals surface area contributed by atoms with Crippen LogP contribution in [0.5, 0.6) is 0 Å². The summed E-state index contributed by atoms with van der Waals surface area (Å²) in [5, 5.41) is 10.6. The molecule has 1 rings (SSSR count). The minimum Gasteiger partial charge on any atom is -0.294 e. The quantitative estimate of drug-likeness (QED) is 0.465. The molecule has 0 heterocycles. The monoisotopic (exact) mass is 257 g/mol. The van der Waals surface area contributed by atoms with E-state index in [9.17, 15) is 14.9 Å². The van der Waals surface area contributed by atoms with Crippen LogP contribution in [0.1, 0.15) is 22.8 Å². The molecule has 1 aromatic rings. The Morgan fingerprint density at radius 2 is 2.07 bits per heavy atom. The van der Waals surface area contributed by atoms with Crippen molar-refractivity contribution in [3.05, 3.63) is 37.8 Å². The zero-order valence-electron chi connectivity index (χ0n) is 7.70. The van der Waals surface area contributed by atoms with E-state index in [1.54, 1.807) is 13.0 Å². The average molecular weight is 258 g/mol. The molecule has 0 amide bonds. The van der Waals surface area contributed by atoms with Crippen LogP contribution in [0.4, 0.5) is 5.69 Å². The van der Waals surface area contributed by atoms with E-state index in [0.717, 1.165) is 0 Å². The number of hydrogen-bond acceptors (Lipinski definition) is 3. The number of halogens is 1. The Labute approximate surface area is 89.2 Å². The Morgan fingerprint density at radius 1 is 1.50 bits per heavy atom. The van der Waals surface area contributed by atoms with Gasteiger partial charge in [-0.2, -0.15) is 0 Å². The highest BCUT2D eigenvalue weighted by Gasteiger charge is 2.20. The van der Waals surface area contributed by atoms with Crippen LogP contribution in [0.3, 0.4) is 0 Å². The summed E-state index contributed by atoms with van der Waals surface area (Å²) in [4.78, 5) is 21.3. The molecule has 0 bridgehead atoms. The van der Waals surface area contributed by atoms with E-state index in [-0.39, 0.29) is 17.0 Å². The highest BCUT2D eigenvalue weighted by Crippen LogP contribution is 2.28. The summed E-state index contributed by atoms with van der Waals surface area (Å²) >= 11 is 3.22. The van der Waals surface area contributed by atoms with Crippen LogP contribution in [-0.4, -0.2) is 10.7 Å². The maximum Gasteiger partial charge on any atom is 0.280 e. The minimum absolute atomic E-state index is 0.141. The fourth-order valence-electron chi connectivity index (χ4n) is 1.27. The van der Waals surface area contributed by atoms with Gasteiger partial charge in [0.1, 0.15) is 0 Å². The van der Waals surface area contributed by atoms with Crippen LogP contribution < -0.4 is 0 Å². The largest absolute Gasteiger partial charge is 0.294 e. The lowest BCUT2D eigenvalue weighted by Gasteiger charge is -2.04. The second-order valence-corrected chi connectivity index (χ2v) is 3.73. The number of rotatable bonds is 2. The molecule has 5 heteroatoms. The number of hydrogen-bond donors (Lipinski definition) is 0. The number of Topliss-reactive ketones (excluding diaryl/α,β-unsaturated/α-hetero) is 1. The predicted molar refractivity (Wildman–Crippen MR) is 55.5 cm³/mol. The third kappa shape index (κ3) is 1.82. The van der Waals surface area contributed by atoms with Crippen LogP contribution in [0.25, 0.3) is 0 Å². The number of carbonyl (C=O) groups is 1. The molecule has 0 aliphatic heterocycles. The fraction of sp³-hybridized carbons (Fsp3) is 0.222. The van der Waals surface area contributed by atoms with E-state index < -0.39 is 4.92 Å². The van der Waals surface area contributed by atoms with Crippen molar-refractivity contribution in [3.63, 3.8) is 0 Å². The lowest BCUT2D eigenvalue weighted by Crippen LogP contribution is -2.03. The van der Waals surface area contributed by atoms with Gasteiger partial charge < -0.3 is 0 Å². The molecule has 0 aliphatic rings. The van der Waals surface area contributed by atoms with Crippen LogP contribution in [0.15, 0.2) is 16.6 Å². The van der Waals surface area contributed by atoms with Gasteiger partial charge in [0.05, 0.1) is 10.5 Å². The molecule has 4 nitrogen and oxygen atoms in total. The van der Waals surface area contributed by atoms with Crippen LogP contribution in [0.2, 0.25) is 0 Å². The number of carbonyl (C=O) groups excluding carboxylic acids is 1. The Balaban J connectivity index is 3.53. The van der Waals surface area contributed by atoms with Gasteiger partial charge in [0.25, 0.3) is 5.69 Å². The van der Waals surface area contributed by atoms with Gasteiger partial charge in [-0.15, -0.1) is 0 Å². The van der Waals surface area contributed by atoms with E-state index in [2.05, 4.69) is 15.9 Å². The summed E-state index contributed by atoms with van der Waals surface area (Å²) in [5.74, 6) is -0.296. The summed E-state index contributed by atoms with van der Waals surface area (Å²) in [7, 11) is 0. The maximum atomic E-state index is 11.2. The van der Waals surface area contributed by atoms with Gasteiger partial charge in [-0.05, 0) is 25.5 Å². The first-order valence-corrected chi connectivity index (χ1v) is 4.69. The second-order valence-electron chi connectivity index (χ2n) is 2.88. The fourth-order valence-corrected chi connectivity index (χ4v) is 1.60. The van der Waals surface area contributed by atoms with Crippen molar-refractivity contribution in [2.24, 2.45) is 0 Å². The summed E-state index contributed by atoms with van der Waals surface area (Å²) in [6, 6.07) is 2.90.